The van der Waals surface area contributed by atoms with Gasteiger partial charge in [-0.05, 0) is 12.5 Å². The Labute approximate surface area is 173 Å². The number of unbranched alkanes of at least 4 members (excludes halogenated alkanes) is 1. The minimum Gasteiger partial charge on any atom is -0.351 e. The van der Waals surface area contributed by atoms with Crippen LogP contribution >= 0.6 is 0 Å². The fourth-order valence-corrected chi connectivity index (χ4v) is 4.09. The quantitative estimate of drug-likeness (QED) is 0.400. The number of amides is 2. The summed E-state index contributed by atoms with van der Waals surface area (Å²) in [6.07, 6.45) is 4.08. The van der Waals surface area contributed by atoms with Gasteiger partial charge < -0.3 is 20.0 Å². The summed E-state index contributed by atoms with van der Waals surface area (Å²) in [7, 11) is 0. The molecule has 29 heavy (non-hydrogen) atoms. The predicted octanol–water partition coefficient (Wildman–Crippen LogP) is -3.15. The molecule has 0 bridgehead atoms. The third-order valence-corrected chi connectivity index (χ3v) is 5.99. The number of aromatic nitrogens is 1. The van der Waals surface area contributed by atoms with Crippen molar-refractivity contribution in [3.05, 3.63) is 24.4 Å². The van der Waals surface area contributed by atoms with Crippen molar-refractivity contribution in [1.29, 1.82) is 0 Å². The summed E-state index contributed by atoms with van der Waals surface area (Å²) in [5, 5.41) is 2.98. The van der Waals surface area contributed by atoms with Crippen molar-refractivity contribution >= 4 is 17.6 Å². The number of hydrogen-bond donors (Lipinski definition) is 3. The first-order valence-corrected chi connectivity index (χ1v) is 11.1. The van der Waals surface area contributed by atoms with Gasteiger partial charge in [0.2, 0.25) is 0 Å². The topological polar surface area (TPSA) is 75.7 Å². The van der Waals surface area contributed by atoms with Gasteiger partial charge >= 0.3 is 0 Å². The highest BCUT2D eigenvalue weighted by atomic mass is 16.2. The van der Waals surface area contributed by atoms with Gasteiger partial charge in [0.25, 0.3) is 17.6 Å². The lowest BCUT2D eigenvalue weighted by atomic mass is 10.2. The average molecular weight is 406 g/mol. The third-order valence-electron chi connectivity index (χ3n) is 5.99. The Morgan fingerprint density at radius 1 is 1.03 bits per heavy atom. The van der Waals surface area contributed by atoms with Crippen LogP contribution in [0.2, 0.25) is 0 Å². The van der Waals surface area contributed by atoms with E-state index in [-0.39, 0.29) is 11.8 Å². The maximum Gasteiger partial charge on any atom is 0.278 e. The van der Waals surface area contributed by atoms with Crippen LogP contribution in [0.1, 0.15) is 19.8 Å². The molecule has 2 saturated heterocycles. The van der Waals surface area contributed by atoms with Gasteiger partial charge in [0.05, 0.1) is 32.4 Å². The van der Waals surface area contributed by atoms with E-state index >= 15 is 0 Å². The summed E-state index contributed by atoms with van der Waals surface area (Å²) in [5.41, 5.74) is 0. The van der Waals surface area contributed by atoms with Crippen LogP contribution in [0.15, 0.2) is 24.4 Å². The van der Waals surface area contributed by atoms with Crippen molar-refractivity contribution in [3.8, 4) is 0 Å². The van der Waals surface area contributed by atoms with Crippen LogP contribution in [-0.4, -0.2) is 88.7 Å². The Balaban J connectivity index is 1.33. The van der Waals surface area contributed by atoms with Crippen molar-refractivity contribution in [2.45, 2.75) is 19.8 Å². The van der Waals surface area contributed by atoms with Gasteiger partial charge in [0.1, 0.15) is 26.2 Å². The fourth-order valence-electron chi connectivity index (χ4n) is 4.09. The fraction of sp³-hybridized carbons (Fsp3) is 0.667. The Hall–Kier alpha value is -2.19. The van der Waals surface area contributed by atoms with Gasteiger partial charge in [-0.15, -0.1) is 0 Å². The molecule has 160 valence electrons. The number of pyridine rings is 1. The second-order valence-electron chi connectivity index (χ2n) is 8.17. The molecule has 3 rings (SSSR count). The molecular formula is C21H37N6O2+3. The van der Waals surface area contributed by atoms with Crippen LogP contribution in [0.4, 0.5) is 5.82 Å². The summed E-state index contributed by atoms with van der Waals surface area (Å²) in [6.45, 7) is 11.1. The number of nitrogens with one attached hydrogen (secondary N) is 4. The number of carbonyl (C=O) groups excluding carboxylic acids is 2. The maximum absolute atomic E-state index is 12.7. The molecule has 0 saturated carbocycles. The molecule has 0 radical (unpaired) electrons. The zero-order chi connectivity index (χ0) is 20.5. The summed E-state index contributed by atoms with van der Waals surface area (Å²) in [6, 6.07) is 6.14. The summed E-state index contributed by atoms with van der Waals surface area (Å²) in [5.74, 6) is 1.54. The molecule has 8 nitrogen and oxygen atoms in total. The smallest absolute Gasteiger partial charge is 0.278 e. The van der Waals surface area contributed by atoms with Gasteiger partial charge in [0.15, 0.2) is 13.1 Å². The predicted molar refractivity (Wildman–Crippen MR) is 111 cm³/mol. The summed E-state index contributed by atoms with van der Waals surface area (Å²) >= 11 is 0. The van der Waals surface area contributed by atoms with Crippen LogP contribution in [0.5, 0.6) is 0 Å². The highest BCUT2D eigenvalue weighted by Crippen LogP contribution is 2.04. The molecule has 1 aromatic heterocycles. The van der Waals surface area contributed by atoms with Crippen LogP contribution in [0.25, 0.3) is 0 Å². The van der Waals surface area contributed by atoms with Crippen LogP contribution in [0, 0.1) is 0 Å². The van der Waals surface area contributed by atoms with Gasteiger partial charge in [-0.25, -0.2) is 4.98 Å². The van der Waals surface area contributed by atoms with E-state index in [4.69, 9.17) is 0 Å². The first-order chi connectivity index (χ1) is 14.2. The van der Waals surface area contributed by atoms with Crippen LogP contribution in [0.3, 0.4) is 0 Å². The van der Waals surface area contributed by atoms with Gasteiger partial charge in [-0.3, -0.25) is 14.5 Å². The number of anilines is 1. The molecule has 3 heterocycles. The number of quaternary nitrogens is 2. The molecule has 1 aromatic rings. The molecule has 0 spiro atoms. The van der Waals surface area contributed by atoms with Crippen molar-refractivity contribution in [3.63, 3.8) is 0 Å². The lowest BCUT2D eigenvalue weighted by Crippen LogP contribution is -3.17. The first kappa shape index (κ1) is 21.5. The van der Waals surface area contributed by atoms with Crippen molar-refractivity contribution in [1.82, 2.24) is 10.2 Å². The third kappa shape index (κ3) is 6.68. The summed E-state index contributed by atoms with van der Waals surface area (Å²) < 4.78 is 0. The van der Waals surface area contributed by atoms with Crippen LogP contribution in [-0.2, 0) is 9.59 Å². The number of carbonyl (C=O) groups is 2. The molecule has 2 aliphatic rings. The van der Waals surface area contributed by atoms with Gasteiger partial charge in [0, 0.05) is 12.6 Å². The molecule has 0 atom stereocenters. The van der Waals surface area contributed by atoms with E-state index in [0.29, 0.717) is 13.1 Å². The SMILES string of the molecule is CCCCNC(=O)C[NH+]1CCN(C(=O)C[NH+]2CCN(c3cccc[nH+]3)CC2)CC1. The van der Waals surface area contributed by atoms with E-state index in [0.717, 1.165) is 77.6 Å². The molecule has 0 aliphatic carbocycles. The normalized spacial score (nSPS) is 18.7. The van der Waals surface area contributed by atoms with E-state index in [1.54, 1.807) is 0 Å². The molecule has 8 heteroatoms. The minimum absolute atomic E-state index is 0.131. The first-order valence-electron chi connectivity index (χ1n) is 11.1. The highest BCUT2D eigenvalue weighted by Gasteiger charge is 2.31. The Bertz CT molecular complexity index is 640. The molecule has 2 amide bonds. The van der Waals surface area contributed by atoms with E-state index in [1.165, 1.54) is 9.80 Å². The van der Waals surface area contributed by atoms with E-state index < -0.39 is 0 Å². The number of H-pyrrole nitrogens is 1. The molecule has 0 unspecified atom stereocenters. The molecule has 0 aromatic carbocycles. The highest BCUT2D eigenvalue weighted by molar-refractivity contribution is 5.77. The molecule has 2 aliphatic heterocycles. The van der Waals surface area contributed by atoms with Gasteiger partial charge in [-0.2, -0.15) is 0 Å². The Morgan fingerprint density at radius 2 is 1.72 bits per heavy atom. The second kappa shape index (κ2) is 11.1. The lowest BCUT2D eigenvalue weighted by molar-refractivity contribution is -0.898. The van der Waals surface area contributed by atoms with E-state index in [1.807, 2.05) is 23.2 Å². The Morgan fingerprint density at radius 3 is 2.38 bits per heavy atom. The van der Waals surface area contributed by atoms with Crippen molar-refractivity contribution < 1.29 is 24.4 Å². The monoisotopic (exact) mass is 405 g/mol. The average Bonchev–Trinajstić information content (AvgIpc) is 2.75. The molecule has 2 fully saturated rings. The summed E-state index contributed by atoms with van der Waals surface area (Å²) in [4.78, 5) is 35.0. The van der Waals surface area contributed by atoms with E-state index in [9.17, 15) is 9.59 Å². The number of piperazine rings is 2. The zero-order valence-corrected chi connectivity index (χ0v) is 17.7. The minimum atomic E-state index is 0.131. The standard InChI is InChI=1S/C21H34N6O2/c1-2-3-7-23-20(28)17-24-11-15-27(16-12-24)21(29)18-25-9-13-26(14-10-25)19-6-4-5-8-22-19/h4-6,8H,2-3,7,9-18H2,1H3,(H,23,28)/p+3. The van der Waals surface area contributed by atoms with Gasteiger partial charge in [-0.1, -0.05) is 19.4 Å². The number of rotatable bonds is 8. The second-order valence-corrected chi connectivity index (χ2v) is 8.17. The zero-order valence-electron chi connectivity index (χ0n) is 17.7. The number of aromatic amines is 1. The Kier molecular flexibility index (Phi) is 8.25. The van der Waals surface area contributed by atoms with Crippen LogP contribution < -0.4 is 25.0 Å². The number of nitrogens with zero attached hydrogens (tertiary/aromatic N) is 2. The largest absolute Gasteiger partial charge is 0.351 e. The lowest BCUT2D eigenvalue weighted by Gasteiger charge is -2.33. The molecule has 4 N–H and O–H groups in total. The van der Waals surface area contributed by atoms with Crippen molar-refractivity contribution in [2.75, 3.05) is 76.9 Å². The van der Waals surface area contributed by atoms with E-state index in [2.05, 4.69) is 28.2 Å². The maximum atomic E-state index is 12.7. The molecular weight excluding hydrogens is 368 g/mol. The van der Waals surface area contributed by atoms with Crippen molar-refractivity contribution in [2.24, 2.45) is 0 Å². The number of hydrogen-bond acceptors (Lipinski definition) is 3.